The van der Waals surface area contributed by atoms with Gasteiger partial charge in [-0.2, -0.15) is 0 Å². The molecule has 0 spiro atoms. The summed E-state index contributed by atoms with van der Waals surface area (Å²) in [5.41, 5.74) is 6.32. The fraction of sp³-hybridized carbons (Fsp3) is 0.500. The van der Waals surface area contributed by atoms with Crippen LogP contribution in [0.15, 0.2) is 0 Å². The van der Waals surface area contributed by atoms with Gasteiger partial charge in [-0.05, 0) is 0 Å². The van der Waals surface area contributed by atoms with Crippen molar-refractivity contribution in [3.8, 4) is 0 Å². The third-order valence-electron chi connectivity index (χ3n) is 0.201. The molecule has 0 unspecified atom stereocenters. The van der Waals surface area contributed by atoms with Crippen molar-refractivity contribution in [1.29, 1.82) is 0 Å². The minimum absolute atomic E-state index is 0.434. The summed E-state index contributed by atoms with van der Waals surface area (Å²) in [6, 6.07) is 0. The Morgan fingerprint density at radius 3 is 2.60 bits per heavy atom. The van der Waals surface area contributed by atoms with Crippen molar-refractivity contribution in [2.75, 3.05) is 6.67 Å². The van der Waals surface area contributed by atoms with E-state index >= 15 is 0 Å². The standard InChI is InChI=1S/C2H6N2S/c3-1-4-2-5/h2H,1,3H2,(H,4,5). The Labute approximate surface area is 36.4 Å². The Bertz CT molecular complexity index is 28.8. The number of thiocarbonyl (C=S) groups is 1. The van der Waals surface area contributed by atoms with Gasteiger partial charge in [-0.25, -0.2) is 0 Å². The van der Waals surface area contributed by atoms with Crippen LogP contribution < -0.4 is 11.1 Å². The Morgan fingerprint density at radius 1 is 2.00 bits per heavy atom. The predicted molar refractivity (Wildman–Crippen MR) is 25.8 cm³/mol. The molecular formula is C2H6N2S. The number of hydrogen-bond donors (Lipinski definition) is 2. The Morgan fingerprint density at radius 2 is 2.60 bits per heavy atom. The van der Waals surface area contributed by atoms with Crippen molar-refractivity contribution >= 4 is 17.7 Å². The smallest absolute Gasteiger partial charge is 0.0630 e. The molecule has 0 aromatic heterocycles. The molecule has 0 fully saturated rings. The van der Waals surface area contributed by atoms with E-state index in [1.54, 1.807) is 0 Å². The summed E-state index contributed by atoms with van der Waals surface area (Å²) in [7, 11) is 0. The second kappa shape index (κ2) is 3.85. The second-order valence-corrected chi connectivity index (χ2v) is 0.762. The molecule has 0 aliphatic rings. The minimum Gasteiger partial charge on any atom is -0.370 e. The fourth-order valence-electron chi connectivity index (χ4n) is 0.0481. The summed E-state index contributed by atoms with van der Waals surface area (Å²) in [5, 5.41) is 2.58. The van der Waals surface area contributed by atoms with Crippen LogP contribution in [0.3, 0.4) is 0 Å². The molecule has 0 aromatic carbocycles. The zero-order chi connectivity index (χ0) is 4.12. The van der Waals surface area contributed by atoms with Gasteiger partial charge < -0.3 is 11.1 Å². The maximum atomic E-state index is 4.93. The van der Waals surface area contributed by atoms with E-state index in [0.29, 0.717) is 6.67 Å². The fourth-order valence-corrected chi connectivity index (χ4v) is 0.144. The van der Waals surface area contributed by atoms with E-state index in [1.807, 2.05) is 0 Å². The highest BCUT2D eigenvalue weighted by molar-refractivity contribution is 7.78. The Balaban J connectivity index is 2.40. The van der Waals surface area contributed by atoms with Gasteiger partial charge in [-0.3, -0.25) is 0 Å². The van der Waals surface area contributed by atoms with Gasteiger partial charge in [-0.15, -0.1) is 0 Å². The van der Waals surface area contributed by atoms with Gasteiger partial charge in [0.05, 0.1) is 12.2 Å². The molecular weight excluding hydrogens is 84.1 g/mol. The van der Waals surface area contributed by atoms with Crippen LogP contribution >= 0.6 is 12.2 Å². The molecule has 0 heterocycles. The van der Waals surface area contributed by atoms with Crippen molar-refractivity contribution in [3.63, 3.8) is 0 Å². The average Bonchev–Trinajstić information content (AvgIpc) is 1.41. The Hall–Kier alpha value is -0.150. The third-order valence-corrected chi connectivity index (χ3v) is 0.368. The summed E-state index contributed by atoms with van der Waals surface area (Å²) in [6.07, 6.45) is 0. The van der Waals surface area contributed by atoms with Crippen LogP contribution in [0.2, 0.25) is 0 Å². The quantitative estimate of drug-likeness (QED) is 0.353. The van der Waals surface area contributed by atoms with Gasteiger partial charge in [0, 0.05) is 0 Å². The molecule has 0 rings (SSSR count). The molecule has 0 aliphatic carbocycles. The lowest BCUT2D eigenvalue weighted by Gasteiger charge is -1.82. The summed E-state index contributed by atoms with van der Waals surface area (Å²) < 4.78 is 0. The molecule has 0 atom stereocenters. The highest BCUT2D eigenvalue weighted by atomic mass is 32.1. The van der Waals surface area contributed by atoms with E-state index < -0.39 is 0 Å². The topological polar surface area (TPSA) is 38.0 Å². The van der Waals surface area contributed by atoms with Crippen LogP contribution in [-0.4, -0.2) is 12.2 Å². The normalized spacial score (nSPS) is 6.60. The first kappa shape index (κ1) is 4.85. The highest BCUT2D eigenvalue weighted by Crippen LogP contribution is 1.33. The zero-order valence-electron chi connectivity index (χ0n) is 2.77. The summed E-state index contributed by atoms with van der Waals surface area (Å²) in [6.45, 7) is 0.434. The summed E-state index contributed by atoms with van der Waals surface area (Å²) in [4.78, 5) is 0. The molecule has 0 saturated heterocycles. The minimum atomic E-state index is 0.434. The first-order valence-corrected chi connectivity index (χ1v) is 1.76. The maximum Gasteiger partial charge on any atom is 0.0630 e. The molecule has 0 radical (unpaired) electrons. The van der Waals surface area contributed by atoms with E-state index in [4.69, 9.17) is 5.73 Å². The van der Waals surface area contributed by atoms with E-state index in [0.717, 1.165) is 0 Å². The van der Waals surface area contributed by atoms with Gasteiger partial charge in [0.2, 0.25) is 0 Å². The first-order valence-electron chi connectivity index (χ1n) is 1.29. The van der Waals surface area contributed by atoms with E-state index in [2.05, 4.69) is 17.5 Å². The largest absolute Gasteiger partial charge is 0.370 e. The third kappa shape index (κ3) is 3.85. The number of nitrogens with two attached hydrogens (primary N) is 1. The van der Waals surface area contributed by atoms with Gasteiger partial charge in [0.15, 0.2) is 0 Å². The zero-order valence-corrected chi connectivity index (χ0v) is 3.59. The van der Waals surface area contributed by atoms with Crippen molar-refractivity contribution in [3.05, 3.63) is 0 Å². The second-order valence-electron chi connectivity index (χ2n) is 0.526. The molecule has 5 heavy (non-hydrogen) atoms. The summed E-state index contributed by atoms with van der Waals surface area (Å²) >= 11 is 4.34. The van der Waals surface area contributed by atoms with Crippen LogP contribution in [-0.2, 0) is 0 Å². The molecule has 0 amide bonds. The van der Waals surface area contributed by atoms with Crippen molar-refractivity contribution in [2.24, 2.45) is 5.73 Å². The van der Waals surface area contributed by atoms with Gasteiger partial charge >= 0.3 is 0 Å². The number of nitrogens with one attached hydrogen (secondary N) is 1. The molecule has 0 saturated carbocycles. The van der Waals surface area contributed by atoms with Crippen LogP contribution in [0.4, 0.5) is 0 Å². The molecule has 3 heteroatoms. The maximum absolute atomic E-state index is 4.93. The van der Waals surface area contributed by atoms with Gasteiger partial charge in [-0.1, -0.05) is 12.2 Å². The van der Waals surface area contributed by atoms with Gasteiger partial charge in [0.25, 0.3) is 0 Å². The van der Waals surface area contributed by atoms with Crippen LogP contribution in [0.5, 0.6) is 0 Å². The highest BCUT2D eigenvalue weighted by Gasteiger charge is 1.55. The molecule has 3 N–H and O–H groups in total. The SMILES string of the molecule is NCNC=S. The van der Waals surface area contributed by atoms with Crippen LogP contribution in [0.1, 0.15) is 0 Å². The summed E-state index contributed by atoms with van der Waals surface area (Å²) in [5.74, 6) is 0. The Kier molecular flexibility index (Phi) is 3.73. The lowest BCUT2D eigenvalue weighted by atomic mass is 11.1. The van der Waals surface area contributed by atoms with Crippen molar-refractivity contribution in [2.45, 2.75) is 0 Å². The monoisotopic (exact) mass is 90.0 g/mol. The lowest BCUT2D eigenvalue weighted by molar-refractivity contribution is 0.955. The molecule has 2 nitrogen and oxygen atoms in total. The number of rotatable bonds is 2. The predicted octanol–water partition coefficient (Wildman–Crippen LogP) is -0.551. The van der Waals surface area contributed by atoms with Crippen molar-refractivity contribution in [1.82, 2.24) is 5.32 Å². The molecule has 30 valence electrons. The molecule has 0 aliphatic heterocycles. The van der Waals surface area contributed by atoms with Crippen molar-refractivity contribution < 1.29 is 0 Å². The average molecular weight is 90.2 g/mol. The van der Waals surface area contributed by atoms with Gasteiger partial charge in [0.1, 0.15) is 0 Å². The lowest BCUT2D eigenvalue weighted by Crippen LogP contribution is -2.18. The molecule has 0 bridgehead atoms. The van der Waals surface area contributed by atoms with Crippen LogP contribution in [0.25, 0.3) is 0 Å². The van der Waals surface area contributed by atoms with E-state index in [1.165, 1.54) is 5.49 Å². The first-order chi connectivity index (χ1) is 2.41. The van der Waals surface area contributed by atoms with E-state index in [9.17, 15) is 0 Å². The molecule has 0 aromatic rings. The van der Waals surface area contributed by atoms with E-state index in [-0.39, 0.29) is 0 Å². The van der Waals surface area contributed by atoms with Crippen LogP contribution in [0, 0.1) is 0 Å². The number of hydrogen-bond acceptors (Lipinski definition) is 2.